The molecule has 8 nitrogen and oxygen atoms in total. The smallest absolute Gasteiger partial charge is 0.259 e. The van der Waals surface area contributed by atoms with E-state index in [0.29, 0.717) is 34.0 Å². The van der Waals surface area contributed by atoms with Crippen LogP contribution in [0.4, 0.5) is 5.69 Å². The molecule has 1 amide bonds. The van der Waals surface area contributed by atoms with Crippen molar-refractivity contribution < 1.29 is 4.79 Å². The van der Waals surface area contributed by atoms with E-state index in [1.165, 1.54) is 0 Å². The van der Waals surface area contributed by atoms with Crippen molar-refractivity contribution in [2.75, 3.05) is 5.32 Å². The Morgan fingerprint density at radius 3 is 2.46 bits per heavy atom. The second-order valence-electron chi connectivity index (χ2n) is 10.8. The van der Waals surface area contributed by atoms with Gasteiger partial charge in [-0.1, -0.05) is 56.7 Å². The number of carbonyl (C=O) groups excluding carboxylic acids is 1. The standard InChI is InChI=1S/C31H28N6O2/c1-18-9-12-21(13-10-18)32-29(38)20-11-14-25-24(16-20)33-28(37(25)27-17-26(35-36-27)31(2,3)4)22-15-19-7-5-6-8-23(19)34-30(22)39/h5-17H,1-4H3,(H,32,38)(H,34,39)(H,35,36). The minimum Gasteiger partial charge on any atom is -0.322 e. The lowest BCUT2D eigenvalue weighted by Crippen LogP contribution is -2.12. The lowest BCUT2D eigenvalue weighted by Gasteiger charge is -2.14. The lowest BCUT2D eigenvalue weighted by atomic mass is 9.92. The van der Waals surface area contributed by atoms with Gasteiger partial charge in [-0.15, -0.1) is 0 Å². The Bertz CT molecular complexity index is 1920. The second-order valence-corrected chi connectivity index (χ2v) is 10.8. The maximum atomic E-state index is 13.3. The number of nitrogens with zero attached hydrogens (tertiary/aromatic N) is 3. The number of aryl methyl sites for hydroxylation is 1. The normalized spacial score (nSPS) is 11.8. The third kappa shape index (κ3) is 4.50. The molecule has 3 N–H and O–H groups in total. The average Bonchev–Trinajstić information content (AvgIpc) is 3.54. The van der Waals surface area contributed by atoms with E-state index in [1.54, 1.807) is 12.1 Å². The molecule has 39 heavy (non-hydrogen) atoms. The number of hydrogen-bond acceptors (Lipinski definition) is 4. The van der Waals surface area contributed by atoms with E-state index in [1.807, 2.05) is 78.2 Å². The number of rotatable bonds is 4. The monoisotopic (exact) mass is 516 g/mol. The summed E-state index contributed by atoms with van der Waals surface area (Å²) in [7, 11) is 0. The Hall–Kier alpha value is -4.98. The summed E-state index contributed by atoms with van der Waals surface area (Å²) in [6.07, 6.45) is 0. The summed E-state index contributed by atoms with van der Waals surface area (Å²) in [4.78, 5) is 34.2. The molecule has 0 aliphatic carbocycles. The number of pyridine rings is 1. The van der Waals surface area contributed by atoms with Crippen molar-refractivity contribution >= 4 is 33.5 Å². The first-order chi connectivity index (χ1) is 18.7. The van der Waals surface area contributed by atoms with Gasteiger partial charge >= 0.3 is 0 Å². The number of anilines is 1. The minimum atomic E-state index is -0.255. The number of H-pyrrole nitrogens is 2. The predicted molar refractivity (Wildman–Crippen MR) is 155 cm³/mol. The number of aromatic nitrogens is 5. The summed E-state index contributed by atoms with van der Waals surface area (Å²) in [6, 6.07) is 24.4. The molecule has 8 heteroatoms. The van der Waals surface area contributed by atoms with Gasteiger partial charge < -0.3 is 10.3 Å². The van der Waals surface area contributed by atoms with Crippen molar-refractivity contribution in [2.24, 2.45) is 0 Å². The first-order valence-electron chi connectivity index (χ1n) is 12.8. The molecule has 194 valence electrons. The molecule has 0 radical (unpaired) electrons. The van der Waals surface area contributed by atoms with Gasteiger partial charge in [0.1, 0.15) is 0 Å². The molecule has 0 aliphatic heterocycles. The number of benzene rings is 3. The van der Waals surface area contributed by atoms with Crippen LogP contribution in [0.15, 0.2) is 83.7 Å². The van der Waals surface area contributed by atoms with Crippen LogP contribution in [0.25, 0.3) is 39.1 Å². The van der Waals surface area contributed by atoms with E-state index in [4.69, 9.17) is 4.98 Å². The quantitative estimate of drug-likeness (QED) is 0.262. The minimum absolute atomic E-state index is 0.149. The van der Waals surface area contributed by atoms with Crippen molar-refractivity contribution in [3.05, 3.63) is 106 Å². The molecule has 0 unspecified atom stereocenters. The highest BCUT2D eigenvalue weighted by atomic mass is 16.1. The number of amides is 1. The van der Waals surface area contributed by atoms with Gasteiger partial charge in [-0.2, -0.15) is 5.10 Å². The molecule has 0 saturated heterocycles. The fraction of sp³-hybridized carbons (Fsp3) is 0.161. The zero-order chi connectivity index (χ0) is 27.3. The Morgan fingerprint density at radius 2 is 1.72 bits per heavy atom. The number of aromatic amines is 2. The Kier molecular flexibility index (Phi) is 5.68. The second kappa shape index (κ2) is 9.09. The largest absolute Gasteiger partial charge is 0.322 e. The van der Waals surface area contributed by atoms with Crippen LogP contribution in [0.3, 0.4) is 0 Å². The van der Waals surface area contributed by atoms with Crippen molar-refractivity contribution in [3.8, 4) is 17.2 Å². The molecule has 0 aliphatic rings. The molecular weight excluding hydrogens is 488 g/mol. The molecule has 6 rings (SSSR count). The molecule has 0 bridgehead atoms. The number of fused-ring (bicyclic) bond motifs is 2. The lowest BCUT2D eigenvalue weighted by molar-refractivity contribution is 0.102. The zero-order valence-corrected chi connectivity index (χ0v) is 22.2. The van der Waals surface area contributed by atoms with Gasteiger partial charge in [-0.25, -0.2) is 4.98 Å². The van der Waals surface area contributed by atoms with Gasteiger partial charge in [0, 0.05) is 33.9 Å². The number of carbonyl (C=O) groups is 1. The topological polar surface area (TPSA) is 108 Å². The number of hydrogen-bond donors (Lipinski definition) is 3. The van der Waals surface area contributed by atoms with Crippen LogP contribution in [-0.2, 0) is 5.41 Å². The van der Waals surface area contributed by atoms with Crippen LogP contribution in [0.2, 0.25) is 0 Å². The Balaban J connectivity index is 1.52. The molecule has 3 aromatic carbocycles. The maximum absolute atomic E-state index is 13.3. The van der Waals surface area contributed by atoms with Gasteiger partial charge in [0.2, 0.25) is 0 Å². The van der Waals surface area contributed by atoms with Gasteiger partial charge in [-0.05, 0) is 54.8 Å². The van der Waals surface area contributed by atoms with E-state index < -0.39 is 0 Å². The van der Waals surface area contributed by atoms with Crippen LogP contribution in [0, 0.1) is 6.92 Å². The van der Waals surface area contributed by atoms with E-state index in [-0.39, 0.29) is 16.9 Å². The van der Waals surface area contributed by atoms with Crippen molar-refractivity contribution in [1.29, 1.82) is 0 Å². The van der Waals surface area contributed by atoms with Gasteiger partial charge in [0.15, 0.2) is 11.6 Å². The molecule has 0 atom stereocenters. The molecule has 0 spiro atoms. The van der Waals surface area contributed by atoms with E-state index in [2.05, 4.69) is 41.3 Å². The van der Waals surface area contributed by atoms with Crippen LogP contribution in [-0.4, -0.2) is 30.6 Å². The summed E-state index contributed by atoms with van der Waals surface area (Å²) >= 11 is 0. The van der Waals surface area contributed by atoms with Crippen molar-refractivity contribution in [1.82, 2.24) is 24.7 Å². The van der Waals surface area contributed by atoms with Crippen LogP contribution < -0.4 is 10.9 Å². The van der Waals surface area contributed by atoms with Crippen molar-refractivity contribution in [3.63, 3.8) is 0 Å². The SMILES string of the molecule is Cc1ccc(NC(=O)c2ccc3c(c2)nc(-c2cc4ccccc4[nH]c2=O)n3-c2cc(C(C)(C)C)[nH]n2)cc1. The van der Waals surface area contributed by atoms with E-state index >= 15 is 0 Å². The molecule has 3 heterocycles. The van der Waals surface area contributed by atoms with Crippen LogP contribution in [0.1, 0.15) is 42.4 Å². The molecule has 0 fully saturated rings. The Labute approximate surface area is 224 Å². The fourth-order valence-electron chi connectivity index (χ4n) is 4.60. The summed E-state index contributed by atoms with van der Waals surface area (Å²) in [6.45, 7) is 8.30. The summed E-state index contributed by atoms with van der Waals surface area (Å²) in [5.74, 6) is 0.817. The molecular formula is C31H28N6O2. The number of nitrogens with one attached hydrogen (secondary N) is 3. The molecule has 0 saturated carbocycles. The van der Waals surface area contributed by atoms with E-state index in [0.717, 1.165) is 27.7 Å². The predicted octanol–water partition coefficient (Wildman–Crippen LogP) is 6.12. The van der Waals surface area contributed by atoms with E-state index in [9.17, 15) is 9.59 Å². The van der Waals surface area contributed by atoms with Crippen LogP contribution >= 0.6 is 0 Å². The number of imidazole rings is 1. The zero-order valence-electron chi connectivity index (χ0n) is 22.2. The van der Waals surface area contributed by atoms with Gasteiger partial charge in [-0.3, -0.25) is 19.3 Å². The molecule has 3 aromatic heterocycles. The Morgan fingerprint density at radius 1 is 0.949 bits per heavy atom. The highest BCUT2D eigenvalue weighted by Gasteiger charge is 2.23. The van der Waals surface area contributed by atoms with Gasteiger partial charge in [0.05, 0.1) is 16.6 Å². The summed E-state index contributed by atoms with van der Waals surface area (Å²) in [5, 5.41) is 11.5. The molecule has 6 aromatic rings. The summed E-state index contributed by atoms with van der Waals surface area (Å²) in [5.41, 5.74) is 5.31. The first-order valence-corrected chi connectivity index (χ1v) is 12.8. The highest BCUT2D eigenvalue weighted by molar-refractivity contribution is 6.06. The van der Waals surface area contributed by atoms with Crippen LogP contribution in [0.5, 0.6) is 0 Å². The van der Waals surface area contributed by atoms with Gasteiger partial charge in [0.25, 0.3) is 11.5 Å². The maximum Gasteiger partial charge on any atom is 0.259 e. The van der Waals surface area contributed by atoms with Crippen molar-refractivity contribution in [2.45, 2.75) is 33.1 Å². The average molecular weight is 517 g/mol. The highest BCUT2D eigenvalue weighted by Crippen LogP contribution is 2.30. The third-order valence-electron chi connectivity index (χ3n) is 6.82. The summed E-state index contributed by atoms with van der Waals surface area (Å²) < 4.78 is 1.86. The number of para-hydroxylation sites is 1. The fourth-order valence-corrected chi connectivity index (χ4v) is 4.60. The first kappa shape index (κ1) is 24.4. The third-order valence-corrected chi connectivity index (χ3v) is 6.82.